The summed E-state index contributed by atoms with van der Waals surface area (Å²) >= 11 is 0. The van der Waals surface area contributed by atoms with Crippen LogP contribution in [0, 0.1) is 5.92 Å². The van der Waals surface area contributed by atoms with Crippen molar-refractivity contribution in [1.29, 1.82) is 0 Å². The molecule has 1 N–H and O–H groups in total. The minimum absolute atomic E-state index is 0.0204. The second-order valence-electron chi connectivity index (χ2n) is 8.11. The first-order valence-electron chi connectivity index (χ1n) is 10.1. The van der Waals surface area contributed by atoms with Gasteiger partial charge in [0.1, 0.15) is 5.75 Å². The summed E-state index contributed by atoms with van der Waals surface area (Å²) in [6.07, 6.45) is 9.53. The van der Waals surface area contributed by atoms with Crippen LogP contribution in [0.3, 0.4) is 0 Å². The standard InChI is InChI=1S/C21H30N2O2/c24-20-13-18-7-3-2-6-17(18)12-19(20)21(25)23-11-8-16(15-23)14-22-9-4-1-5-10-22/h12-13,16,24H,1-11,14-15H2/t16-/m0/s1. The number of nitrogens with zero attached hydrogens (tertiary/aromatic N) is 2. The van der Waals surface area contributed by atoms with Crippen molar-refractivity contribution >= 4 is 5.91 Å². The van der Waals surface area contributed by atoms with Crippen molar-refractivity contribution in [2.45, 2.75) is 51.4 Å². The Labute approximate surface area is 150 Å². The van der Waals surface area contributed by atoms with Crippen LogP contribution < -0.4 is 0 Å². The Morgan fingerprint density at radius 2 is 1.72 bits per heavy atom. The number of hydrogen-bond donors (Lipinski definition) is 1. The van der Waals surface area contributed by atoms with Gasteiger partial charge >= 0.3 is 0 Å². The van der Waals surface area contributed by atoms with Gasteiger partial charge in [0.05, 0.1) is 5.56 Å². The molecule has 1 aromatic rings. The summed E-state index contributed by atoms with van der Waals surface area (Å²) < 4.78 is 0. The SMILES string of the molecule is O=C(c1cc2c(cc1O)CCCC2)N1CC[C@@H](CN2CCCCC2)C1. The molecule has 136 valence electrons. The lowest BCUT2D eigenvalue weighted by Gasteiger charge is -2.29. The lowest BCUT2D eigenvalue weighted by atomic mass is 9.89. The van der Waals surface area contributed by atoms with Gasteiger partial charge in [0.15, 0.2) is 0 Å². The smallest absolute Gasteiger partial charge is 0.257 e. The van der Waals surface area contributed by atoms with E-state index in [0.29, 0.717) is 11.5 Å². The molecule has 0 unspecified atom stereocenters. The van der Waals surface area contributed by atoms with Crippen LogP contribution >= 0.6 is 0 Å². The number of fused-ring (bicyclic) bond motifs is 1. The second-order valence-corrected chi connectivity index (χ2v) is 8.11. The van der Waals surface area contributed by atoms with E-state index >= 15 is 0 Å². The number of hydrogen-bond acceptors (Lipinski definition) is 3. The third-order valence-electron chi connectivity index (χ3n) is 6.23. The Morgan fingerprint density at radius 1 is 1.00 bits per heavy atom. The van der Waals surface area contributed by atoms with Crippen molar-refractivity contribution in [1.82, 2.24) is 9.80 Å². The van der Waals surface area contributed by atoms with Crippen LogP contribution in [-0.4, -0.2) is 53.5 Å². The highest BCUT2D eigenvalue weighted by Crippen LogP contribution is 2.30. The van der Waals surface area contributed by atoms with Crippen molar-refractivity contribution in [2.24, 2.45) is 5.92 Å². The Bertz CT molecular complexity index is 637. The van der Waals surface area contributed by atoms with Gasteiger partial charge in [-0.1, -0.05) is 6.42 Å². The fourth-order valence-electron chi connectivity index (χ4n) is 4.79. The summed E-state index contributed by atoms with van der Waals surface area (Å²) in [6, 6.07) is 3.80. The zero-order valence-electron chi connectivity index (χ0n) is 15.2. The zero-order chi connectivity index (χ0) is 17.2. The molecule has 2 aliphatic heterocycles. The van der Waals surface area contributed by atoms with Gasteiger partial charge < -0.3 is 14.9 Å². The summed E-state index contributed by atoms with van der Waals surface area (Å²) in [5, 5.41) is 10.4. The molecule has 4 nitrogen and oxygen atoms in total. The van der Waals surface area contributed by atoms with Gasteiger partial charge in [-0.2, -0.15) is 0 Å². The largest absolute Gasteiger partial charge is 0.507 e. The van der Waals surface area contributed by atoms with E-state index in [1.807, 2.05) is 17.0 Å². The number of rotatable bonds is 3. The lowest BCUT2D eigenvalue weighted by Crippen LogP contribution is -2.36. The quantitative estimate of drug-likeness (QED) is 0.917. The normalized spacial score (nSPS) is 24.3. The van der Waals surface area contributed by atoms with E-state index in [2.05, 4.69) is 4.90 Å². The Kier molecular flexibility index (Phi) is 4.98. The number of phenolic OH excluding ortho intramolecular Hbond substituents is 1. The molecule has 2 heterocycles. The molecular weight excluding hydrogens is 312 g/mol. The average molecular weight is 342 g/mol. The second kappa shape index (κ2) is 7.36. The van der Waals surface area contributed by atoms with E-state index in [0.717, 1.165) is 38.9 Å². The number of carbonyl (C=O) groups is 1. The van der Waals surface area contributed by atoms with E-state index < -0.39 is 0 Å². The maximum absolute atomic E-state index is 12.9. The Morgan fingerprint density at radius 3 is 2.48 bits per heavy atom. The third-order valence-corrected chi connectivity index (χ3v) is 6.23. The zero-order valence-corrected chi connectivity index (χ0v) is 15.2. The fourth-order valence-corrected chi connectivity index (χ4v) is 4.79. The van der Waals surface area contributed by atoms with Crippen molar-refractivity contribution in [3.8, 4) is 5.75 Å². The highest BCUT2D eigenvalue weighted by Gasteiger charge is 2.30. The Hall–Kier alpha value is -1.55. The molecule has 0 spiro atoms. The molecule has 4 rings (SSSR count). The maximum atomic E-state index is 12.9. The van der Waals surface area contributed by atoms with E-state index in [4.69, 9.17) is 0 Å². The summed E-state index contributed by atoms with van der Waals surface area (Å²) in [6.45, 7) is 5.23. The molecule has 0 radical (unpaired) electrons. The summed E-state index contributed by atoms with van der Waals surface area (Å²) in [7, 11) is 0. The number of aryl methyl sites for hydroxylation is 2. The van der Waals surface area contributed by atoms with Gasteiger partial charge in [-0.25, -0.2) is 0 Å². The van der Waals surface area contributed by atoms with Crippen molar-refractivity contribution in [3.05, 3.63) is 28.8 Å². The Balaban J connectivity index is 1.41. The predicted molar refractivity (Wildman–Crippen MR) is 99.1 cm³/mol. The van der Waals surface area contributed by atoms with E-state index in [1.165, 1.54) is 56.3 Å². The lowest BCUT2D eigenvalue weighted by molar-refractivity contribution is 0.0779. The molecule has 2 fully saturated rings. The molecule has 2 saturated heterocycles. The predicted octanol–water partition coefficient (Wildman–Crippen LogP) is 3.22. The highest BCUT2D eigenvalue weighted by atomic mass is 16.3. The number of amides is 1. The molecule has 1 aromatic carbocycles. The molecular formula is C21H30N2O2. The van der Waals surface area contributed by atoms with Gasteiger partial charge in [0.2, 0.25) is 0 Å². The first-order chi connectivity index (χ1) is 12.2. The van der Waals surface area contributed by atoms with Gasteiger partial charge in [-0.05, 0) is 87.2 Å². The highest BCUT2D eigenvalue weighted by molar-refractivity contribution is 5.97. The molecule has 1 atom stereocenters. The number of benzene rings is 1. The molecule has 0 bridgehead atoms. The van der Waals surface area contributed by atoms with Crippen molar-refractivity contribution in [3.63, 3.8) is 0 Å². The van der Waals surface area contributed by atoms with Crippen LogP contribution in [-0.2, 0) is 12.8 Å². The maximum Gasteiger partial charge on any atom is 0.257 e. The first-order valence-corrected chi connectivity index (χ1v) is 10.1. The fraction of sp³-hybridized carbons (Fsp3) is 0.667. The van der Waals surface area contributed by atoms with Gasteiger partial charge in [-0.3, -0.25) is 4.79 Å². The van der Waals surface area contributed by atoms with Gasteiger partial charge in [0.25, 0.3) is 5.91 Å². The summed E-state index contributed by atoms with van der Waals surface area (Å²) in [5.41, 5.74) is 3.00. The van der Waals surface area contributed by atoms with E-state index in [1.54, 1.807) is 0 Å². The molecule has 25 heavy (non-hydrogen) atoms. The molecule has 4 heteroatoms. The molecule has 0 aromatic heterocycles. The number of likely N-dealkylation sites (tertiary alicyclic amines) is 2. The minimum atomic E-state index is 0.0204. The molecule has 0 saturated carbocycles. The minimum Gasteiger partial charge on any atom is -0.507 e. The number of aromatic hydroxyl groups is 1. The first kappa shape index (κ1) is 16.9. The van der Waals surface area contributed by atoms with Crippen molar-refractivity contribution < 1.29 is 9.90 Å². The third kappa shape index (κ3) is 3.69. The topological polar surface area (TPSA) is 43.8 Å². The summed E-state index contributed by atoms with van der Waals surface area (Å²) in [4.78, 5) is 17.5. The van der Waals surface area contributed by atoms with Crippen molar-refractivity contribution in [2.75, 3.05) is 32.7 Å². The number of piperidine rings is 1. The van der Waals surface area contributed by atoms with Crippen LogP contribution in [0.25, 0.3) is 0 Å². The van der Waals surface area contributed by atoms with Crippen LogP contribution in [0.2, 0.25) is 0 Å². The van der Waals surface area contributed by atoms with Crippen LogP contribution in [0.1, 0.15) is 60.0 Å². The summed E-state index contributed by atoms with van der Waals surface area (Å²) in [5.74, 6) is 0.777. The molecule has 3 aliphatic rings. The molecule has 1 amide bonds. The van der Waals surface area contributed by atoms with E-state index in [-0.39, 0.29) is 11.7 Å². The average Bonchev–Trinajstić information content (AvgIpc) is 3.10. The van der Waals surface area contributed by atoms with Crippen LogP contribution in [0.15, 0.2) is 12.1 Å². The van der Waals surface area contributed by atoms with Crippen LogP contribution in [0.4, 0.5) is 0 Å². The molecule has 1 aliphatic carbocycles. The van der Waals surface area contributed by atoms with Gasteiger partial charge in [0, 0.05) is 19.6 Å². The van der Waals surface area contributed by atoms with Gasteiger partial charge in [-0.15, -0.1) is 0 Å². The number of carbonyl (C=O) groups excluding carboxylic acids is 1. The monoisotopic (exact) mass is 342 g/mol. The van der Waals surface area contributed by atoms with E-state index in [9.17, 15) is 9.90 Å². The number of phenols is 1. The van der Waals surface area contributed by atoms with Crippen LogP contribution in [0.5, 0.6) is 5.75 Å².